The number of pyridine rings is 1. The molecule has 3 aromatic carbocycles. The standard InChI is InChI=1S/C29H21F3N4O4S/c1-15-7-9-18(33-28(38)17-8-11-21(30)16(2)13-17)14-20(15)25-19-10-12-24(37)36(26-22(31)5-4-6-23(26)32)27(19)35-29(34-25)41(3,39)40/h4-14H,1-3H3,(H,33,38). The van der Waals surface area contributed by atoms with Crippen molar-refractivity contribution in [2.75, 3.05) is 11.6 Å². The molecule has 0 unspecified atom stereocenters. The predicted molar refractivity (Wildman–Crippen MR) is 147 cm³/mol. The third-order valence-electron chi connectivity index (χ3n) is 6.39. The number of rotatable bonds is 5. The van der Waals surface area contributed by atoms with Gasteiger partial charge >= 0.3 is 0 Å². The molecule has 1 N–H and O–H groups in total. The number of fused-ring (bicyclic) bond motifs is 1. The van der Waals surface area contributed by atoms with Gasteiger partial charge in [-0.05, 0) is 73.5 Å². The Morgan fingerprint density at radius 1 is 0.854 bits per heavy atom. The van der Waals surface area contributed by atoms with Crippen LogP contribution < -0.4 is 10.9 Å². The zero-order valence-corrected chi connectivity index (χ0v) is 22.7. The molecule has 8 nitrogen and oxygen atoms in total. The molecule has 0 spiro atoms. The van der Waals surface area contributed by atoms with Crippen LogP contribution in [0.3, 0.4) is 0 Å². The van der Waals surface area contributed by atoms with Crippen LogP contribution in [-0.2, 0) is 9.84 Å². The molecule has 5 aromatic rings. The summed E-state index contributed by atoms with van der Waals surface area (Å²) in [5.41, 5.74) is -0.0792. The van der Waals surface area contributed by atoms with Crippen LogP contribution in [0.25, 0.3) is 28.0 Å². The number of para-hydroxylation sites is 1. The number of hydrogen-bond acceptors (Lipinski definition) is 6. The van der Waals surface area contributed by atoms with E-state index in [1.807, 2.05) is 0 Å². The van der Waals surface area contributed by atoms with E-state index in [9.17, 15) is 31.2 Å². The van der Waals surface area contributed by atoms with Crippen molar-refractivity contribution >= 4 is 32.5 Å². The fraction of sp³-hybridized carbons (Fsp3) is 0.103. The topological polar surface area (TPSA) is 111 Å². The van der Waals surface area contributed by atoms with Crippen LogP contribution in [0, 0.1) is 31.3 Å². The number of sulfone groups is 1. The summed E-state index contributed by atoms with van der Waals surface area (Å²) in [4.78, 5) is 34.1. The van der Waals surface area contributed by atoms with Crippen molar-refractivity contribution in [2.24, 2.45) is 0 Å². The number of amides is 1. The van der Waals surface area contributed by atoms with Gasteiger partial charge in [0.25, 0.3) is 11.5 Å². The predicted octanol–water partition coefficient (Wildman–Crippen LogP) is 5.14. The molecule has 2 aromatic heterocycles. The fourth-order valence-corrected chi connectivity index (χ4v) is 4.84. The first-order valence-corrected chi connectivity index (χ1v) is 14.0. The molecule has 0 radical (unpaired) electrons. The van der Waals surface area contributed by atoms with Gasteiger partial charge in [-0.2, -0.15) is 4.98 Å². The van der Waals surface area contributed by atoms with Crippen LogP contribution in [-0.4, -0.2) is 35.1 Å². The molecule has 0 atom stereocenters. The van der Waals surface area contributed by atoms with Gasteiger partial charge in [-0.15, -0.1) is 0 Å². The lowest BCUT2D eigenvalue weighted by molar-refractivity contribution is 0.102. The van der Waals surface area contributed by atoms with Crippen molar-refractivity contribution < 1.29 is 26.4 Å². The number of aryl methyl sites for hydroxylation is 2. The largest absolute Gasteiger partial charge is 0.322 e. The number of carbonyl (C=O) groups is 1. The van der Waals surface area contributed by atoms with Crippen molar-refractivity contribution in [1.82, 2.24) is 14.5 Å². The zero-order chi connectivity index (χ0) is 29.6. The summed E-state index contributed by atoms with van der Waals surface area (Å²) in [6.07, 6.45) is 0.862. The van der Waals surface area contributed by atoms with Crippen LogP contribution in [0.2, 0.25) is 0 Å². The molecule has 1 amide bonds. The van der Waals surface area contributed by atoms with Crippen molar-refractivity contribution in [3.05, 3.63) is 111 Å². The molecule has 12 heteroatoms. The Labute approximate surface area is 232 Å². The van der Waals surface area contributed by atoms with E-state index in [1.165, 1.54) is 37.3 Å². The Morgan fingerprint density at radius 2 is 1.56 bits per heavy atom. The molecule has 208 valence electrons. The summed E-state index contributed by atoms with van der Waals surface area (Å²) in [5, 5.41) is 2.17. The van der Waals surface area contributed by atoms with Gasteiger partial charge in [0.2, 0.25) is 15.0 Å². The highest BCUT2D eigenvalue weighted by Crippen LogP contribution is 2.32. The summed E-state index contributed by atoms with van der Waals surface area (Å²) in [6.45, 7) is 3.24. The highest BCUT2D eigenvalue weighted by molar-refractivity contribution is 7.90. The minimum absolute atomic E-state index is 0.0483. The first-order valence-electron chi connectivity index (χ1n) is 12.1. The summed E-state index contributed by atoms with van der Waals surface area (Å²) < 4.78 is 69.1. The maximum Gasteiger partial charge on any atom is 0.256 e. The third kappa shape index (κ3) is 5.21. The van der Waals surface area contributed by atoms with Gasteiger partial charge in [0, 0.05) is 34.5 Å². The van der Waals surface area contributed by atoms with E-state index in [-0.39, 0.29) is 22.3 Å². The second-order valence-electron chi connectivity index (χ2n) is 9.39. The SMILES string of the molecule is Cc1cc(C(=O)Nc2ccc(C)c(-c3nc(S(C)(=O)=O)nc4c3ccc(=O)n4-c3c(F)cccc3F)c2)ccc1F. The summed E-state index contributed by atoms with van der Waals surface area (Å²) in [5.74, 6) is -3.09. The molecule has 0 saturated carbocycles. The number of carbonyl (C=O) groups excluding carboxylic acids is 1. The van der Waals surface area contributed by atoms with Gasteiger partial charge in [0.1, 0.15) is 23.1 Å². The minimum Gasteiger partial charge on any atom is -0.322 e. The van der Waals surface area contributed by atoms with Gasteiger partial charge in [0.05, 0.1) is 5.69 Å². The third-order valence-corrected chi connectivity index (χ3v) is 7.24. The molecule has 2 heterocycles. The summed E-state index contributed by atoms with van der Waals surface area (Å²) >= 11 is 0. The number of nitrogens with zero attached hydrogens (tertiary/aromatic N) is 3. The van der Waals surface area contributed by atoms with E-state index in [0.29, 0.717) is 26.9 Å². The van der Waals surface area contributed by atoms with Crippen molar-refractivity contribution in [3.63, 3.8) is 0 Å². The number of aromatic nitrogens is 3. The first kappa shape index (κ1) is 27.7. The van der Waals surface area contributed by atoms with E-state index in [0.717, 1.165) is 30.5 Å². The first-order chi connectivity index (χ1) is 19.3. The Morgan fingerprint density at radius 3 is 2.22 bits per heavy atom. The average Bonchev–Trinajstić information content (AvgIpc) is 2.91. The number of nitrogens with one attached hydrogen (secondary N) is 1. The second kappa shape index (κ2) is 10.3. The maximum atomic E-state index is 14.8. The van der Waals surface area contributed by atoms with E-state index < -0.39 is 49.6 Å². The molecule has 0 fully saturated rings. The van der Waals surface area contributed by atoms with Crippen LogP contribution in [0.1, 0.15) is 21.5 Å². The molecule has 0 aliphatic heterocycles. The number of halogens is 3. The van der Waals surface area contributed by atoms with E-state index >= 15 is 0 Å². The Balaban J connectivity index is 1.74. The van der Waals surface area contributed by atoms with Crippen molar-refractivity contribution in [1.29, 1.82) is 0 Å². The summed E-state index contributed by atoms with van der Waals surface area (Å²) in [6, 6.07) is 14.2. The Kier molecular flexibility index (Phi) is 6.95. The summed E-state index contributed by atoms with van der Waals surface area (Å²) in [7, 11) is -4.07. The van der Waals surface area contributed by atoms with Crippen LogP contribution in [0.15, 0.2) is 76.7 Å². The molecular formula is C29H21F3N4O4S. The van der Waals surface area contributed by atoms with E-state index in [1.54, 1.807) is 19.1 Å². The Hall–Kier alpha value is -4.84. The average molecular weight is 579 g/mol. The number of anilines is 1. The quantitative estimate of drug-likeness (QED) is 0.289. The fourth-order valence-electron chi connectivity index (χ4n) is 4.33. The van der Waals surface area contributed by atoms with Crippen molar-refractivity contribution in [2.45, 2.75) is 19.0 Å². The lowest BCUT2D eigenvalue weighted by atomic mass is 10.0. The van der Waals surface area contributed by atoms with Crippen LogP contribution in [0.5, 0.6) is 0 Å². The molecule has 0 saturated heterocycles. The maximum absolute atomic E-state index is 14.8. The second-order valence-corrected chi connectivity index (χ2v) is 11.3. The number of hydrogen-bond donors (Lipinski definition) is 1. The monoisotopic (exact) mass is 578 g/mol. The molecule has 41 heavy (non-hydrogen) atoms. The van der Waals surface area contributed by atoms with Crippen LogP contribution >= 0.6 is 0 Å². The van der Waals surface area contributed by atoms with E-state index in [2.05, 4.69) is 15.3 Å². The van der Waals surface area contributed by atoms with Gasteiger partial charge in [0.15, 0.2) is 5.65 Å². The van der Waals surface area contributed by atoms with Gasteiger partial charge in [-0.25, -0.2) is 26.6 Å². The van der Waals surface area contributed by atoms with E-state index in [4.69, 9.17) is 0 Å². The lowest BCUT2D eigenvalue weighted by Crippen LogP contribution is -2.22. The van der Waals surface area contributed by atoms with Gasteiger partial charge < -0.3 is 5.32 Å². The molecule has 0 aliphatic rings. The minimum atomic E-state index is -4.07. The molecular weight excluding hydrogens is 557 g/mol. The highest BCUT2D eigenvalue weighted by atomic mass is 32.2. The lowest BCUT2D eigenvalue weighted by Gasteiger charge is -2.16. The van der Waals surface area contributed by atoms with Gasteiger partial charge in [-0.1, -0.05) is 12.1 Å². The van der Waals surface area contributed by atoms with Gasteiger partial charge in [-0.3, -0.25) is 14.2 Å². The Bertz CT molecular complexity index is 2040. The molecule has 0 aliphatic carbocycles. The molecule has 0 bridgehead atoms. The highest BCUT2D eigenvalue weighted by Gasteiger charge is 2.23. The van der Waals surface area contributed by atoms with Crippen LogP contribution in [0.4, 0.5) is 18.9 Å². The van der Waals surface area contributed by atoms with Crippen molar-refractivity contribution in [3.8, 4) is 16.9 Å². The molecule has 5 rings (SSSR count). The number of benzene rings is 3. The smallest absolute Gasteiger partial charge is 0.256 e. The zero-order valence-electron chi connectivity index (χ0n) is 21.9. The normalized spacial score (nSPS) is 11.6.